The molecule has 1 unspecified atom stereocenters. The molecule has 1 atom stereocenters. The summed E-state index contributed by atoms with van der Waals surface area (Å²) in [5, 5.41) is 2.79. The van der Waals surface area contributed by atoms with E-state index in [9.17, 15) is 14.0 Å². The van der Waals surface area contributed by atoms with Crippen molar-refractivity contribution in [2.24, 2.45) is 0 Å². The van der Waals surface area contributed by atoms with Gasteiger partial charge in [-0.1, -0.05) is 12.1 Å². The Kier molecular flexibility index (Phi) is 3.94. The molecule has 100 valence electrons. The Balaban J connectivity index is 2.08. The molecule has 0 bridgehead atoms. The predicted octanol–water partition coefficient (Wildman–Crippen LogP) is 1.88. The SMILES string of the molecule is COC(=O)/C=C1/CCC(c2ccc(F)cc2)NC1=O. The van der Waals surface area contributed by atoms with Gasteiger partial charge in [0.25, 0.3) is 0 Å². The summed E-state index contributed by atoms with van der Waals surface area (Å²) in [6.45, 7) is 0. The van der Waals surface area contributed by atoms with Crippen molar-refractivity contribution in [1.82, 2.24) is 5.32 Å². The number of rotatable bonds is 2. The van der Waals surface area contributed by atoms with E-state index in [1.54, 1.807) is 12.1 Å². The molecule has 0 aromatic heterocycles. The number of methoxy groups -OCH3 is 1. The van der Waals surface area contributed by atoms with Gasteiger partial charge >= 0.3 is 5.97 Å². The maximum Gasteiger partial charge on any atom is 0.330 e. The summed E-state index contributed by atoms with van der Waals surface area (Å²) in [7, 11) is 1.27. The summed E-state index contributed by atoms with van der Waals surface area (Å²) in [5.41, 5.74) is 1.26. The summed E-state index contributed by atoms with van der Waals surface area (Å²) < 4.78 is 17.3. The van der Waals surface area contributed by atoms with Crippen LogP contribution in [0.25, 0.3) is 0 Å². The number of piperidine rings is 1. The van der Waals surface area contributed by atoms with E-state index in [1.807, 2.05) is 0 Å². The summed E-state index contributed by atoms with van der Waals surface area (Å²) in [4.78, 5) is 22.9. The highest BCUT2D eigenvalue weighted by molar-refractivity contribution is 6.00. The number of halogens is 1. The molecular weight excluding hydrogens is 249 g/mol. The van der Waals surface area contributed by atoms with Crippen molar-refractivity contribution >= 4 is 11.9 Å². The zero-order chi connectivity index (χ0) is 13.8. The van der Waals surface area contributed by atoms with Gasteiger partial charge < -0.3 is 10.1 Å². The Morgan fingerprint density at radius 2 is 2.11 bits per heavy atom. The van der Waals surface area contributed by atoms with E-state index in [-0.39, 0.29) is 17.8 Å². The lowest BCUT2D eigenvalue weighted by molar-refractivity contribution is -0.135. The highest BCUT2D eigenvalue weighted by Gasteiger charge is 2.24. The first-order valence-corrected chi connectivity index (χ1v) is 5.95. The maximum atomic E-state index is 12.8. The molecule has 1 saturated heterocycles. The highest BCUT2D eigenvalue weighted by atomic mass is 19.1. The fourth-order valence-corrected chi connectivity index (χ4v) is 2.02. The number of carbonyl (C=O) groups excluding carboxylic acids is 2. The fraction of sp³-hybridized carbons (Fsp3) is 0.286. The predicted molar refractivity (Wildman–Crippen MR) is 66.6 cm³/mol. The van der Waals surface area contributed by atoms with Crippen LogP contribution in [0.1, 0.15) is 24.4 Å². The number of hydrogen-bond acceptors (Lipinski definition) is 3. The van der Waals surface area contributed by atoms with E-state index >= 15 is 0 Å². The molecule has 0 saturated carbocycles. The second kappa shape index (κ2) is 5.65. The van der Waals surface area contributed by atoms with Crippen molar-refractivity contribution in [2.45, 2.75) is 18.9 Å². The standard InChI is InChI=1S/C14H14FNO3/c1-19-13(17)8-10-4-7-12(16-14(10)18)9-2-5-11(15)6-3-9/h2-3,5-6,8,12H,4,7H2,1H3,(H,16,18)/b10-8-. The fourth-order valence-electron chi connectivity index (χ4n) is 2.02. The lowest BCUT2D eigenvalue weighted by Crippen LogP contribution is -2.34. The number of esters is 1. The first-order chi connectivity index (χ1) is 9.10. The van der Waals surface area contributed by atoms with Crippen LogP contribution in [-0.4, -0.2) is 19.0 Å². The zero-order valence-corrected chi connectivity index (χ0v) is 10.5. The summed E-state index contributed by atoms with van der Waals surface area (Å²) >= 11 is 0. The molecule has 1 fully saturated rings. The van der Waals surface area contributed by atoms with Crippen molar-refractivity contribution in [3.63, 3.8) is 0 Å². The average Bonchev–Trinajstić information content (AvgIpc) is 2.41. The lowest BCUT2D eigenvalue weighted by Gasteiger charge is -2.25. The molecule has 1 aromatic carbocycles. The van der Waals surface area contributed by atoms with Gasteiger partial charge in [0.2, 0.25) is 5.91 Å². The molecule has 2 rings (SSSR count). The van der Waals surface area contributed by atoms with E-state index in [4.69, 9.17) is 0 Å². The molecule has 1 heterocycles. The van der Waals surface area contributed by atoms with Crippen LogP contribution in [0.15, 0.2) is 35.9 Å². The van der Waals surface area contributed by atoms with Crippen LogP contribution < -0.4 is 5.32 Å². The van der Waals surface area contributed by atoms with Crippen molar-refractivity contribution < 1.29 is 18.7 Å². The van der Waals surface area contributed by atoms with Crippen LogP contribution in [0.3, 0.4) is 0 Å². The van der Waals surface area contributed by atoms with Gasteiger partial charge in [0.05, 0.1) is 13.2 Å². The minimum Gasteiger partial charge on any atom is -0.466 e. The minimum atomic E-state index is -0.537. The monoisotopic (exact) mass is 263 g/mol. The van der Waals surface area contributed by atoms with Crippen LogP contribution in [0.5, 0.6) is 0 Å². The average molecular weight is 263 g/mol. The largest absolute Gasteiger partial charge is 0.466 e. The molecule has 19 heavy (non-hydrogen) atoms. The molecule has 0 radical (unpaired) electrons. The van der Waals surface area contributed by atoms with Crippen LogP contribution in [0, 0.1) is 5.82 Å². The van der Waals surface area contributed by atoms with Gasteiger partial charge in [-0.15, -0.1) is 0 Å². The second-order valence-corrected chi connectivity index (χ2v) is 4.31. The molecule has 1 aliphatic heterocycles. The number of carbonyl (C=O) groups is 2. The third kappa shape index (κ3) is 3.19. The van der Waals surface area contributed by atoms with Crippen LogP contribution in [0.4, 0.5) is 4.39 Å². The smallest absolute Gasteiger partial charge is 0.330 e. The highest BCUT2D eigenvalue weighted by Crippen LogP contribution is 2.26. The van der Waals surface area contributed by atoms with E-state index in [0.29, 0.717) is 18.4 Å². The number of benzene rings is 1. The Hall–Kier alpha value is -2.17. The Bertz CT molecular complexity index is 522. The Morgan fingerprint density at radius 3 is 2.68 bits per heavy atom. The molecule has 1 amide bonds. The molecule has 0 spiro atoms. The van der Waals surface area contributed by atoms with Gasteiger partial charge in [0.15, 0.2) is 0 Å². The van der Waals surface area contributed by atoms with Gasteiger partial charge in [-0.05, 0) is 30.5 Å². The summed E-state index contributed by atoms with van der Waals surface area (Å²) in [5.74, 6) is -1.13. The summed E-state index contributed by atoms with van der Waals surface area (Å²) in [6.07, 6.45) is 2.36. The van der Waals surface area contributed by atoms with Gasteiger partial charge in [-0.2, -0.15) is 0 Å². The van der Waals surface area contributed by atoms with E-state index in [2.05, 4.69) is 10.1 Å². The van der Waals surface area contributed by atoms with Crippen LogP contribution in [-0.2, 0) is 14.3 Å². The second-order valence-electron chi connectivity index (χ2n) is 4.31. The molecule has 5 heteroatoms. The number of nitrogens with one attached hydrogen (secondary N) is 1. The molecule has 1 aromatic rings. The molecule has 1 N–H and O–H groups in total. The molecular formula is C14H14FNO3. The van der Waals surface area contributed by atoms with Gasteiger partial charge in [-0.25, -0.2) is 9.18 Å². The number of hydrogen-bond donors (Lipinski definition) is 1. The first-order valence-electron chi connectivity index (χ1n) is 5.95. The zero-order valence-electron chi connectivity index (χ0n) is 10.5. The topological polar surface area (TPSA) is 55.4 Å². The van der Waals surface area contributed by atoms with Crippen LogP contribution in [0.2, 0.25) is 0 Å². The van der Waals surface area contributed by atoms with E-state index in [1.165, 1.54) is 25.3 Å². The quantitative estimate of drug-likeness (QED) is 0.654. The third-order valence-electron chi connectivity index (χ3n) is 3.06. The van der Waals surface area contributed by atoms with Crippen molar-refractivity contribution in [1.29, 1.82) is 0 Å². The third-order valence-corrected chi connectivity index (χ3v) is 3.06. The van der Waals surface area contributed by atoms with Gasteiger partial charge in [0, 0.05) is 11.6 Å². The Labute approximate surface area is 110 Å². The van der Waals surface area contributed by atoms with Crippen LogP contribution >= 0.6 is 0 Å². The Morgan fingerprint density at radius 1 is 1.42 bits per heavy atom. The minimum absolute atomic E-state index is 0.150. The number of amides is 1. The number of ether oxygens (including phenoxy) is 1. The van der Waals surface area contributed by atoms with Crippen molar-refractivity contribution in [2.75, 3.05) is 7.11 Å². The normalized spacial score (nSPS) is 21.1. The van der Waals surface area contributed by atoms with Crippen molar-refractivity contribution in [3.8, 4) is 0 Å². The van der Waals surface area contributed by atoms with Crippen molar-refractivity contribution in [3.05, 3.63) is 47.3 Å². The maximum absolute atomic E-state index is 12.8. The molecule has 4 nitrogen and oxygen atoms in total. The lowest BCUT2D eigenvalue weighted by atomic mass is 9.94. The van der Waals surface area contributed by atoms with E-state index < -0.39 is 5.97 Å². The molecule has 1 aliphatic rings. The van der Waals surface area contributed by atoms with Gasteiger partial charge in [-0.3, -0.25) is 4.79 Å². The van der Waals surface area contributed by atoms with E-state index in [0.717, 1.165) is 5.56 Å². The van der Waals surface area contributed by atoms with Gasteiger partial charge in [0.1, 0.15) is 5.82 Å². The summed E-state index contributed by atoms with van der Waals surface area (Å²) in [6, 6.07) is 5.87. The molecule has 0 aliphatic carbocycles. The first kappa shape index (κ1) is 13.3.